The molecule has 0 heterocycles. The maximum Gasteiger partial charge on any atom is 0.238 e. The van der Waals surface area contributed by atoms with Crippen molar-refractivity contribution in [2.45, 2.75) is 20.3 Å². The zero-order chi connectivity index (χ0) is 14.0. The molecule has 104 valence electrons. The van der Waals surface area contributed by atoms with E-state index in [9.17, 15) is 4.79 Å². The molecule has 19 heavy (non-hydrogen) atoms. The lowest BCUT2D eigenvalue weighted by atomic mass is 10.2. The molecule has 1 aromatic rings. The standard InChI is InChI=1S/C15H23N3O/c1-10-6-12(10)8-18(3)9-15(19)17-14-5-4-13(16)7-11(14)2/h4-5,7,10,12H,6,8-9,16H2,1-3H3,(H,17,19). The molecule has 2 rings (SSSR count). The van der Waals surface area contributed by atoms with Crippen molar-refractivity contribution in [3.8, 4) is 0 Å². The third-order valence-electron chi connectivity index (χ3n) is 3.76. The van der Waals surface area contributed by atoms with Gasteiger partial charge in [0.1, 0.15) is 0 Å². The molecule has 3 N–H and O–H groups in total. The van der Waals surface area contributed by atoms with Crippen molar-refractivity contribution < 1.29 is 4.79 Å². The summed E-state index contributed by atoms with van der Waals surface area (Å²) in [5.74, 6) is 1.63. The van der Waals surface area contributed by atoms with Gasteiger partial charge in [0.25, 0.3) is 0 Å². The van der Waals surface area contributed by atoms with Crippen LogP contribution in [0, 0.1) is 18.8 Å². The van der Waals surface area contributed by atoms with Crippen molar-refractivity contribution in [2.75, 3.05) is 31.2 Å². The SMILES string of the molecule is Cc1cc(N)ccc1NC(=O)CN(C)CC1CC1C. The van der Waals surface area contributed by atoms with Crippen LogP contribution in [0.4, 0.5) is 11.4 Å². The monoisotopic (exact) mass is 261 g/mol. The Hall–Kier alpha value is -1.55. The predicted molar refractivity (Wildman–Crippen MR) is 79.0 cm³/mol. The number of anilines is 2. The zero-order valence-electron chi connectivity index (χ0n) is 11.9. The summed E-state index contributed by atoms with van der Waals surface area (Å²) < 4.78 is 0. The van der Waals surface area contributed by atoms with Crippen molar-refractivity contribution in [2.24, 2.45) is 11.8 Å². The van der Waals surface area contributed by atoms with Gasteiger partial charge in [-0.25, -0.2) is 0 Å². The lowest BCUT2D eigenvalue weighted by Gasteiger charge is -2.16. The van der Waals surface area contributed by atoms with Crippen LogP contribution in [-0.2, 0) is 4.79 Å². The third kappa shape index (κ3) is 3.96. The highest BCUT2D eigenvalue weighted by atomic mass is 16.2. The Kier molecular flexibility index (Phi) is 4.10. The van der Waals surface area contributed by atoms with Gasteiger partial charge < -0.3 is 11.1 Å². The lowest BCUT2D eigenvalue weighted by molar-refractivity contribution is -0.117. The first-order valence-electron chi connectivity index (χ1n) is 6.80. The summed E-state index contributed by atoms with van der Waals surface area (Å²) in [5, 5.41) is 2.94. The van der Waals surface area contributed by atoms with E-state index in [1.807, 2.05) is 26.1 Å². The molecule has 1 amide bonds. The van der Waals surface area contributed by atoms with E-state index in [-0.39, 0.29) is 5.91 Å². The van der Waals surface area contributed by atoms with Gasteiger partial charge in [-0.2, -0.15) is 0 Å². The summed E-state index contributed by atoms with van der Waals surface area (Å²) >= 11 is 0. The van der Waals surface area contributed by atoms with Gasteiger partial charge in [0, 0.05) is 17.9 Å². The molecule has 1 fully saturated rings. The molecule has 1 aliphatic rings. The number of amides is 1. The van der Waals surface area contributed by atoms with E-state index in [0.29, 0.717) is 6.54 Å². The van der Waals surface area contributed by atoms with E-state index in [4.69, 9.17) is 5.73 Å². The Labute approximate surface area is 115 Å². The number of likely N-dealkylation sites (N-methyl/N-ethyl adjacent to an activating group) is 1. The van der Waals surface area contributed by atoms with Crippen LogP contribution in [0.3, 0.4) is 0 Å². The van der Waals surface area contributed by atoms with Crippen LogP contribution < -0.4 is 11.1 Å². The number of nitrogens with zero attached hydrogens (tertiary/aromatic N) is 1. The van der Waals surface area contributed by atoms with Crippen molar-refractivity contribution in [3.63, 3.8) is 0 Å². The van der Waals surface area contributed by atoms with Gasteiger partial charge in [-0.3, -0.25) is 9.69 Å². The molecule has 1 aliphatic carbocycles. The fourth-order valence-electron chi connectivity index (χ4n) is 2.38. The molecule has 0 radical (unpaired) electrons. The molecule has 1 saturated carbocycles. The number of carbonyl (C=O) groups is 1. The summed E-state index contributed by atoms with van der Waals surface area (Å²) in [6.07, 6.45) is 1.29. The topological polar surface area (TPSA) is 58.4 Å². The number of nitrogens with two attached hydrogens (primary N) is 1. The van der Waals surface area contributed by atoms with Crippen molar-refractivity contribution in [3.05, 3.63) is 23.8 Å². The van der Waals surface area contributed by atoms with Crippen LogP contribution in [0.1, 0.15) is 18.9 Å². The summed E-state index contributed by atoms with van der Waals surface area (Å²) in [7, 11) is 2.00. The minimum Gasteiger partial charge on any atom is -0.399 e. The van der Waals surface area contributed by atoms with Crippen LogP contribution in [0.2, 0.25) is 0 Å². The number of nitrogen functional groups attached to an aromatic ring is 1. The highest BCUT2D eigenvalue weighted by Crippen LogP contribution is 2.37. The maximum atomic E-state index is 12.0. The van der Waals surface area contributed by atoms with E-state index in [0.717, 1.165) is 35.3 Å². The number of hydrogen-bond donors (Lipinski definition) is 2. The van der Waals surface area contributed by atoms with Gasteiger partial charge in [-0.1, -0.05) is 6.92 Å². The Morgan fingerprint density at radius 2 is 2.21 bits per heavy atom. The number of aryl methyl sites for hydroxylation is 1. The molecule has 2 unspecified atom stereocenters. The van der Waals surface area contributed by atoms with E-state index < -0.39 is 0 Å². The Morgan fingerprint density at radius 1 is 1.53 bits per heavy atom. The maximum absolute atomic E-state index is 12.0. The predicted octanol–water partition coefficient (Wildman–Crippen LogP) is 2.10. The van der Waals surface area contributed by atoms with Gasteiger partial charge in [-0.05, 0) is 56.0 Å². The number of rotatable bonds is 5. The lowest BCUT2D eigenvalue weighted by Crippen LogP contribution is -2.32. The van der Waals surface area contributed by atoms with E-state index >= 15 is 0 Å². The molecule has 1 aromatic carbocycles. The minimum absolute atomic E-state index is 0.0312. The van der Waals surface area contributed by atoms with Gasteiger partial charge in [0.2, 0.25) is 5.91 Å². The zero-order valence-corrected chi connectivity index (χ0v) is 11.9. The first kappa shape index (κ1) is 13.9. The third-order valence-corrected chi connectivity index (χ3v) is 3.76. The molecule has 0 aromatic heterocycles. The van der Waals surface area contributed by atoms with Crippen molar-refractivity contribution in [1.29, 1.82) is 0 Å². The van der Waals surface area contributed by atoms with Gasteiger partial charge in [-0.15, -0.1) is 0 Å². The van der Waals surface area contributed by atoms with Crippen LogP contribution in [0.25, 0.3) is 0 Å². The molecule has 2 atom stereocenters. The second kappa shape index (κ2) is 5.61. The Morgan fingerprint density at radius 3 is 2.79 bits per heavy atom. The number of hydrogen-bond acceptors (Lipinski definition) is 3. The van der Waals surface area contributed by atoms with Crippen LogP contribution >= 0.6 is 0 Å². The summed E-state index contributed by atoms with van der Waals surface area (Å²) in [6.45, 7) is 5.65. The summed E-state index contributed by atoms with van der Waals surface area (Å²) in [5.41, 5.74) is 8.24. The minimum atomic E-state index is 0.0312. The number of carbonyl (C=O) groups excluding carboxylic acids is 1. The van der Waals surface area contributed by atoms with Gasteiger partial charge in [0.05, 0.1) is 6.54 Å². The smallest absolute Gasteiger partial charge is 0.238 e. The molecule has 0 saturated heterocycles. The van der Waals surface area contributed by atoms with Gasteiger partial charge >= 0.3 is 0 Å². The van der Waals surface area contributed by atoms with Crippen LogP contribution in [-0.4, -0.2) is 30.9 Å². The quantitative estimate of drug-likeness (QED) is 0.798. The molecule has 0 spiro atoms. The van der Waals surface area contributed by atoms with Crippen molar-refractivity contribution in [1.82, 2.24) is 4.90 Å². The first-order valence-corrected chi connectivity index (χ1v) is 6.80. The number of nitrogens with one attached hydrogen (secondary N) is 1. The molecule has 0 bridgehead atoms. The molecular formula is C15H23N3O. The average Bonchev–Trinajstić information content (AvgIpc) is 2.98. The highest BCUT2D eigenvalue weighted by Gasteiger charge is 2.33. The van der Waals surface area contributed by atoms with E-state index in [2.05, 4.69) is 17.1 Å². The summed E-state index contributed by atoms with van der Waals surface area (Å²) in [4.78, 5) is 14.1. The normalized spacial score (nSPS) is 21.5. The largest absolute Gasteiger partial charge is 0.399 e. The Balaban J connectivity index is 1.83. The van der Waals surface area contributed by atoms with Gasteiger partial charge in [0.15, 0.2) is 0 Å². The molecule has 4 heteroatoms. The second-order valence-corrected chi connectivity index (χ2v) is 5.79. The fourth-order valence-corrected chi connectivity index (χ4v) is 2.38. The average molecular weight is 261 g/mol. The fraction of sp³-hybridized carbons (Fsp3) is 0.533. The van der Waals surface area contributed by atoms with Crippen LogP contribution in [0.5, 0.6) is 0 Å². The molecular weight excluding hydrogens is 238 g/mol. The Bertz CT molecular complexity index is 472. The second-order valence-electron chi connectivity index (χ2n) is 5.79. The summed E-state index contributed by atoms with van der Waals surface area (Å²) in [6, 6.07) is 5.52. The molecule has 4 nitrogen and oxygen atoms in total. The highest BCUT2D eigenvalue weighted by molar-refractivity contribution is 5.93. The molecule has 0 aliphatic heterocycles. The number of benzene rings is 1. The first-order chi connectivity index (χ1) is 8.95. The van der Waals surface area contributed by atoms with E-state index in [1.54, 1.807) is 6.07 Å². The van der Waals surface area contributed by atoms with E-state index in [1.165, 1.54) is 6.42 Å². The van der Waals surface area contributed by atoms with Crippen LogP contribution in [0.15, 0.2) is 18.2 Å². The van der Waals surface area contributed by atoms with Crippen molar-refractivity contribution >= 4 is 17.3 Å².